The molecule has 0 amide bonds. The number of pyridine rings is 1. The SMILES string of the molecule is C=C(CCCCCCCCCC)c1cccnc1. The standard InChI is InChI=1S/C17H27N/c1-3-4-5-6-7-8-9-10-12-16(2)17-13-11-14-18-15-17/h11,13-15H,2-10,12H2,1H3. The molecule has 0 fully saturated rings. The molecule has 0 spiro atoms. The lowest BCUT2D eigenvalue weighted by Crippen LogP contribution is -1.86. The Labute approximate surface area is 112 Å². The van der Waals surface area contributed by atoms with Gasteiger partial charge in [-0.05, 0) is 30.0 Å². The highest BCUT2D eigenvalue weighted by Crippen LogP contribution is 2.18. The van der Waals surface area contributed by atoms with E-state index >= 15 is 0 Å². The van der Waals surface area contributed by atoms with Gasteiger partial charge in [0.25, 0.3) is 0 Å². The van der Waals surface area contributed by atoms with Crippen molar-refractivity contribution in [2.24, 2.45) is 0 Å². The number of aromatic nitrogens is 1. The Balaban J connectivity index is 2.00. The summed E-state index contributed by atoms with van der Waals surface area (Å²) in [6.45, 7) is 6.41. The predicted octanol–water partition coefficient (Wildman–Crippen LogP) is 5.63. The zero-order valence-electron chi connectivity index (χ0n) is 11.8. The molecule has 0 bridgehead atoms. The van der Waals surface area contributed by atoms with Crippen LogP contribution in [-0.2, 0) is 0 Å². The first kappa shape index (κ1) is 14.9. The van der Waals surface area contributed by atoms with Gasteiger partial charge in [-0.3, -0.25) is 4.98 Å². The van der Waals surface area contributed by atoms with E-state index in [0.29, 0.717) is 0 Å². The van der Waals surface area contributed by atoms with Crippen LogP contribution in [0.2, 0.25) is 0 Å². The van der Waals surface area contributed by atoms with Gasteiger partial charge < -0.3 is 0 Å². The van der Waals surface area contributed by atoms with Gasteiger partial charge in [0.15, 0.2) is 0 Å². The van der Waals surface area contributed by atoms with E-state index in [0.717, 1.165) is 6.42 Å². The van der Waals surface area contributed by atoms with Crippen LogP contribution >= 0.6 is 0 Å². The lowest BCUT2D eigenvalue weighted by atomic mass is 10.0. The second-order valence-corrected chi connectivity index (χ2v) is 5.07. The van der Waals surface area contributed by atoms with Crippen molar-refractivity contribution in [3.8, 4) is 0 Å². The molecule has 0 N–H and O–H groups in total. The summed E-state index contributed by atoms with van der Waals surface area (Å²) in [6, 6.07) is 4.08. The minimum Gasteiger partial charge on any atom is -0.264 e. The fourth-order valence-corrected chi connectivity index (χ4v) is 2.19. The molecule has 1 aromatic rings. The van der Waals surface area contributed by atoms with E-state index in [2.05, 4.69) is 24.6 Å². The minimum atomic E-state index is 1.11. The summed E-state index contributed by atoms with van der Waals surface area (Å²) in [5.41, 5.74) is 2.43. The fourth-order valence-electron chi connectivity index (χ4n) is 2.19. The number of unbranched alkanes of at least 4 members (excludes halogenated alkanes) is 7. The molecule has 0 atom stereocenters. The molecule has 0 aliphatic rings. The maximum absolute atomic E-state index is 4.14. The molecule has 0 saturated heterocycles. The first-order valence-corrected chi connectivity index (χ1v) is 7.42. The molecule has 0 unspecified atom stereocenters. The molecule has 1 heterocycles. The maximum Gasteiger partial charge on any atom is 0.0342 e. The zero-order chi connectivity index (χ0) is 13.1. The highest BCUT2D eigenvalue weighted by atomic mass is 14.6. The molecule has 1 nitrogen and oxygen atoms in total. The molecule has 0 saturated carbocycles. The number of hydrogen-bond donors (Lipinski definition) is 0. The van der Waals surface area contributed by atoms with E-state index in [4.69, 9.17) is 0 Å². The Bertz CT molecular complexity index is 316. The van der Waals surface area contributed by atoms with Crippen LogP contribution in [-0.4, -0.2) is 4.98 Å². The van der Waals surface area contributed by atoms with Gasteiger partial charge in [0.05, 0.1) is 0 Å². The first-order valence-electron chi connectivity index (χ1n) is 7.42. The predicted molar refractivity (Wildman–Crippen MR) is 80.5 cm³/mol. The van der Waals surface area contributed by atoms with E-state index in [1.165, 1.54) is 62.5 Å². The summed E-state index contributed by atoms with van der Waals surface area (Å²) < 4.78 is 0. The van der Waals surface area contributed by atoms with Gasteiger partial charge in [-0.2, -0.15) is 0 Å². The van der Waals surface area contributed by atoms with Gasteiger partial charge in [0.1, 0.15) is 0 Å². The molecule has 1 rings (SSSR count). The zero-order valence-corrected chi connectivity index (χ0v) is 11.8. The second-order valence-electron chi connectivity index (χ2n) is 5.07. The van der Waals surface area contributed by atoms with Gasteiger partial charge in [-0.25, -0.2) is 0 Å². The quantitative estimate of drug-likeness (QED) is 0.487. The third kappa shape index (κ3) is 6.58. The maximum atomic E-state index is 4.14. The summed E-state index contributed by atoms with van der Waals surface area (Å²) in [5, 5.41) is 0. The number of nitrogens with zero attached hydrogens (tertiary/aromatic N) is 1. The van der Waals surface area contributed by atoms with Gasteiger partial charge in [0, 0.05) is 12.4 Å². The summed E-state index contributed by atoms with van der Waals surface area (Å²) in [7, 11) is 0. The monoisotopic (exact) mass is 245 g/mol. The Hall–Kier alpha value is -1.11. The molecule has 100 valence electrons. The molecule has 1 aromatic heterocycles. The lowest BCUT2D eigenvalue weighted by Gasteiger charge is -2.05. The average molecular weight is 245 g/mol. The molecule has 0 aliphatic carbocycles. The number of hydrogen-bond acceptors (Lipinski definition) is 1. The van der Waals surface area contributed by atoms with E-state index in [1.54, 1.807) is 0 Å². The van der Waals surface area contributed by atoms with Crippen molar-refractivity contribution in [2.45, 2.75) is 64.7 Å². The van der Waals surface area contributed by atoms with E-state index in [-0.39, 0.29) is 0 Å². The van der Waals surface area contributed by atoms with Gasteiger partial charge in [-0.15, -0.1) is 0 Å². The minimum absolute atomic E-state index is 1.11. The van der Waals surface area contributed by atoms with Crippen LogP contribution in [0.5, 0.6) is 0 Å². The highest BCUT2D eigenvalue weighted by molar-refractivity contribution is 5.62. The van der Waals surface area contributed by atoms with Crippen molar-refractivity contribution < 1.29 is 0 Å². The Morgan fingerprint density at radius 1 is 1.06 bits per heavy atom. The smallest absolute Gasteiger partial charge is 0.0342 e. The number of rotatable bonds is 10. The van der Waals surface area contributed by atoms with Crippen LogP contribution in [0.3, 0.4) is 0 Å². The van der Waals surface area contributed by atoms with Crippen molar-refractivity contribution in [1.29, 1.82) is 0 Å². The Morgan fingerprint density at radius 2 is 1.72 bits per heavy atom. The van der Waals surface area contributed by atoms with Crippen LogP contribution in [0.15, 0.2) is 31.1 Å². The molecule has 0 aromatic carbocycles. The second kappa shape index (κ2) is 9.87. The third-order valence-electron chi connectivity index (χ3n) is 3.40. The third-order valence-corrected chi connectivity index (χ3v) is 3.40. The van der Waals surface area contributed by atoms with Crippen molar-refractivity contribution in [1.82, 2.24) is 4.98 Å². The van der Waals surface area contributed by atoms with E-state index in [9.17, 15) is 0 Å². The lowest BCUT2D eigenvalue weighted by molar-refractivity contribution is 0.579. The largest absolute Gasteiger partial charge is 0.264 e. The summed E-state index contributed by atoms with van der Waals surface area (Å²) >= 11 is 0. The van der Waals surface area contributed by atoms with Gasteiger partial charge >= 0.3 is 0 Å². The van der Waals surface area contributed by atoms with E-state index < -0.39 is 0 Å². The molecular weight excluding hydrogens is 218 g/mol. The van der Waals surface area contributed by atoms with Crippen molar-refractivity contribution in [3.63, 3.8) is 0 Å². The fraction of sp³-hybridized carbons (Fsp3) is 0.588. The summed E-state index contributed by atoms with van der Waals surface area (Å²) in [6.07, 6.45) is 15.8. The molecule has 1 heteroatoms. The van der Waals surface area contributed by atoms with Crippen molar-refractivity contribution >= 4 is 5.57 Å². The first-order chi connectivity index (χ1) is 8.84. The van der Waals surface area contributed by atoms with Crippen LogP contribution in [0.1, 0.15) is 70.3 Å². The molecule has 0 aliphatic heterocycles. The molecule has 18 heavy (non-hydrogen) atoms. The van der Waals surface area contributed by atoms with Gasteiger partial charge in [0.2, 0.25) is 0 Å². The highest BCUT2D eigenvalue weighted by Gasteiger charge is 1.98. The van der Waals surface area contributed by atoms with Gasteiger partial charge in [-0.1, -0.05) is 64.5 Å². The van der Waals surface area contributed by atoms with Crippen LogP contribution < -0.4 is 0 Å². The van der Waals surface area contributed by atoms with Crippen LogP contribution in [0, 0.1) is 0 Å². The molecular formula is C17H27N. The van der Waals surface area contributed by atoms with Crippen LogP contribution in [0.4, 0.5) is 0 Å². The Kier molecular flexibility index (Phi) is 8.20. The van der Waals surface area contributed by atoms with Crippen LogP contribution in [0.25, 0.3) is 5.57 Å². The van der Waals surface area contributed by atoms with Crippen molar-refractivity contribution in [2.75, 3.05) is 0 Å². The summed E-state index contributed by atoms with van der Waals surface area (Å²) in [5.74, 6) is 0. The Morgan fingerprint density at radius 3 is 2.33 bits per heavy atom. The number of allylic oxidation sites excluding steroid dienone is 1. The van der Waals surface area contributed by atoms with Crippen molar-refractivity contribution in [3.05, 3.63) is 36.7 Å². The normalized spacial score (nSPS) is 10.5. The molecule has 0 radical (unpaired) electrons. The van der Waals surface area contributed by atoms with E-state index in [1.807, 2.05) is 18.5 Å². The topological polar surface area (TPSA) is 12.9 Å². The average Bonchev–Trinajstić information content (AvgIpc) is 2.42. The summed E-state index contributed by atoms with van der Waals surface area (Å²) in [4.78, 5) is 4.13.